The summed E-state index contributed by atoms with van der Waals surface area (Å²) in [5.74, 6) is 0.0393. The maximum Gasteiger partial charge on any atom is 0.516 e. The largest absolute Gasteiger partial charge is 0.516 e. The highest BCUT2D eigenvalue weighted by atomic mass is 35.5. The number of unbranched alkanes of at least 4 members (excludes halogenated alkanes) is 1. The highest BCUT2D eigenvalue weighted by Gasteiger charge is 2.47. The molecule has 0 fully saturated rings. The van der Waals surface area contributed by atoms with Crippen LogP contribution in [0.4, 0.5) is 19.0 Å². The minimum atomic E-state index is -5.81. The Morgan fingerprint density at radius 1 is 0.953 bits per heavy atom. The Kier molecular flexibility index (Phi) is 8.76. The molecule has 5 aromatic rings. The van der Waals surface area contributed by atoms with Gasteiger partial charge in [-0.05, 0) is 46.9 Å². The predicted octanol–water partition coefficient (Wildman–Crippen LogP) is 7.22. The van der Waals surface area contributed by atoms with E-state index in [2.05, 4.69) is 25.7 Å². The molecule has 0 saturated heterocycles. The second-order valence-corrected chi connectivity index (χ2v) is 12.1. The topological polar surface area (TPSA) is 118 Å². The Bertz CT molecular complexity index is 1820. The van der Waals surface area contributed by atoms with Gasteiger partial charge in [-0.2, -0.15) is 31.9 Å². The maximum atomic E-state index is 13.6. The number of halogens is 5. The molecular weight excluding hydrogens is 626 g/mol. The molecule has 0 aliphatic carbocycles. The number of hydrogen-bond donors (Lipinski definition) is 2. The van der Waals surface area contributed by atoms with Gasteiger partial charge in [0.2, 0.25) is 5.82 Å². The summed E-state index contributed by atoms with van der Waals surface area (Å²) < 4.78 is 68.2. The standard InChI is InChI=1S/C28H24Cl2F3N7O2S/c1-2-3-11-24-21(16-17-12-14-18(15-13-17)19-7-4-5-8-20(19)26-34-38-39-35-26)27(37-43(41,42)28(31,32)33)40(36-24)25-22(29)9-6-10-23(25)30/h4-10,12-15,37H,2-3,11,16H2,1H3,(H,34,35,38,39). The summed E-state index contributed by atoms with van der Waals surface area (Å²) in [7, 11) is -5.81. The number of aryl methyl sites for hydroxylation is 1. The molecule has 0 aliphatic heterocycles. The highest BCUT2D eigenvalue weighted by Crippen LogP contribution is 2.37. The normalized spacial score (nSPS) is 12.0. The predicted molar refractivity (Wildman–Crippen MR) is 159 cm³/mol. The molecule has 9 nitrogen and oxygen atoms in total. The molecule has 0 bridgehead atoms. The number of tetrazole rings is 1. The third kappa shape index (κ3) is 6.38. The molecule has 15 heteroatoms. The third-order valence-corrected chi connectivity index (χ3v) is 8.36. The van der Waals surface area contributed by atoms with Gasteiger partial charge in [0, 0.05) is 17.5 Å². The summed E-state index contributed by atoms with van der Waals surface area (Å²) in [4.78, 5) is 0. The number of H-pyrrole nitrogens is 1. The second-order valence-electron chi connectivity index (χ2n) is 9.57. The van der Waals surface area contributed by atoms with Gasteiger partial charge >= 0.3 is 15.5 Å². The lowest BCUT2D eigenvalue weighted by molar-refractivity contribution is -0.0429. The van der Waals surface area contributed by atoms with Crippen molar-refractivity contribution in [2.24, 2.45) is 0 Å². The molecule has 0 spiro atoms. The number of aromatic nitrogens is 6. The Balaban J connectivity index is 1.61. The molecule has 43 heavy (non-hydrogen) atoms. The number of aromatic amines is 1. The van der Waals surface area contributed by atoms with E-state index in [-0.39, 0.29) is 33.5 Å². The molecule has 224 valence electrons. The molecule has 3 aromatic carbocycles. The van der Waals surface area contributed by atoms with Crippen molar-refractivity contribution in [2.75, 3.05) is 4.72 Å². The summed E-state index contributed by atoms with van der Waals surface area (Å²) in [5, 5.41) is 18.9. The third-order valence-electron chi connectivity index (χ3n) is 6.68. The number of nitrogens with one attached hydrogen (secondary N) is 2. The van der Waals surface area contributed by atoms with Gasteiger partial charge in [0.05, 0.1) is 15.7 Å². The number of benzene rings is 3. The second kappa shape index (κ2) is 12.3. The van der Waals surface area contributed by atoms with Crippen molar-refractivity contribution >= 4 is 39.0 Å². The van der Waals surface area contributed by atoms with Crippen molar-refractivity contribution in [3.8, 4) is 28.2 Å². The van der Waals surface area contributed by atoms with E-state index in [4.69, 9.17) is 23.2 Å². The Morgan fingerprint density at radius 2 is 1.63 bits per heavy atom. The molecular formula is C28H24Cl2F3N7O2S. The molecule has 0 amide bonds. The first-order valence-electron chi connectivity index (χ1n) is 13.1. The van der Waals surface area contributed by atoms with Crippen molar-refractivity contribution in [3.63, 3.8) is 0 Å². The van der Waals surface area contributed by atoms with Crippen molar-refractivity contribution in [2.45, 2.75) is 38.1 Å². The van der Waals surface area contributed by atoms with Gasteiger partial charge in [0.25, 0.3) is 0 Å². The van der Waals surface area contributed by atoms with E-state index in [1.165, 1.54) is 12.1 Å². The van der Waals surface area contributed by atoms with Crippen LogP contribution in [0.5, 0.6) is 0 Å². The lowest BCUT2D eigenvalue weighted by atomic mass is 9.96. The van der Waals surface area contributed by atoms with Gasteiger partial charge in [-0.15, -0.1) is 10.2 Å². The Morgan fingerprint density at radius 3 is 2.23 bits per heavy atom. The number of nitrogens with zero attached hydrogens (tertiary/aromatic N) is 5. The first-order valence-corrected chi connectivity index (χ1v) is 15.3. The van der Waals surface area contributed by atoms with Crippen LogP contribution in [0.1, 0.15) is 36.6 Å². The summed E-state index contributed by atoms with van der Waals surface area (Å²) in [6.45, 7) is 1.96. The maximum absolute atomic E-state index is 13.6. The number of rotatable bonds is 10. The van der Waals surface area contributed by atoms with Crippen LogP contribution in [0.3, 0.4) is 0 Å². The molecule has 5 rings (SSSR count). The van der Waals surface area contributed by atoms with Gasteiger partial charge in [0.15, 0.2) is 0 Å². The van der Waals surface area contributed by atoms with Gasteiger partial charge in [0.1, 0.15) is 11.5 Å². The number of para-hydroxylation sites is 1. The monoisotopic (exact) mass is 649 g/mol. The summed E-state index contributed by atoms with van der Waals surface area (Å²) in [6, 6.07) is 19.4. The van der Waals surface area contributed by atoms with Crippen LogP contribution in [0.15, 0.2) is 66.7 Å². The van der Waals surface area contributed by atoms with Crippen LogP contribution in [-0.4, -0.2) is 44.3 Å². The minimum Gasteiger partial charge on any atom is -0.259 e. The van der Waals surface area contributed by atoms with Gasteiger partial charge < -0.3 is 0 Å². The van der Waals surface area contributed by atoms with Crippen molar-refractivity contribution in [1.29, 1.82) is 0 Å². The van der Waals surface area contributed by atoms with Crippen LogP contribution < -0.4 is 4.72 Å². The van der Waals surface area contributed by atoms with Crippen LogP contribution in [-0.2, 0) is 22.9 Å². The molecule has 0 aliphatic rings. The number of sulfonamides is 1. The molecule has 0 atom stereocenters. The molecule has 0 radical (unpaired) electrons. The first kappa shape index (κ1) is 30.5. The first-order chi connectivity index (χ1) is 20.5. The van der Waals surface area contributed by atoms with E-state index in [9.17, 15) is 21.6 Å². The molecule has 2 N–H and O–H groups in total. The SMILES string of the molecule is CCCCc1nn(-c2c(Cl)cccc2Cl)c(NS(=O)(=O)C(F)(F)F)c1Cc1ccc(-c2ccccc2-c2nn[nH]n2)cc1. The van der Waals surface area contributed by atoms with Crippen molar-refractivity contribution in [3.05, 3.63) is 93.6 Å². The summed E-state index contributed by atoms with van der Waals surface area (Å²) in [5.41, 5.74) is -1.67. The summed E-state index contributed by atoms with van der Waals surface area (Å²) >= 11 is 12.8. The zero-order valence-corrected chi connectivity index (χ0v) is 24.9. The van der Waals surface area contributed by atoms with Crippen molar-refractivity contribution < 1.29 is 21.6 Å². The van der Waals surface area contributed by atoms with E-state index in [0.29, 0.717) is 29.9 Å². The minimum absolute atomic E-state index is 0.0585. The fourth-order valence-electron chi connectivity index (χ4n) is 4.58. The van der Waals surface area contributed by atoms with E-state index in [1.807, 2.05) is 55.5 Å². The zero-order chi connectivity index (χ0) is 30.8. The number of anilines is 1. The van der Waals surface area contributed by atoms with Crippen LogP contribution in [0.25, 0.3) is 28.2 Å². The lowest BCUT2D eigenvalue weighted by Crippen LogP contribution is -2.31. The number of hydrogen-bond acceptors (Lipinski definition) is 6. The highest BCUT2D eigenvalue weighted by molar-refractivity contribution is 7.93. The van der Waals surface area contributed by atoms with Gasteiger partial charge in [-0.25, -0.2) is 4.68 Å². The van der Waals surface area contributed by atoms with Crippen LogP contribution >= 0.6 is 23.2 Å². The zero-order valence-electron chi connectivity index (χ0n) is 22.5. The van der Waals surface area contributed by atoms with E-state index in [1.54, 1.807) is 10.8 Å². The van der Waals surface area contributed by atoms with Gasteiger partial charge in [-0.1, -0.05) is 91.1 Å². The molecule has 0 saturated carbocycles. The quantitative estimate of drug-likeness (QED) is 0.165. The fraction of sp³-hybridized carbons (Fsp3) is 0.214. The van der Waals surface area contributed by atoms with Crippen molar-refractivity contribution in [1.82, 2.24) is 30.4 Å². The average molecular weight is 651 g/mol. The van der Waals surface area contributed by atoms with E-state index in [0.717, 1.165) is 27.8 Å². The fourth-order valence-corrected chi connectivity index (χ4v) is 5.72. The number of alkyl halides is 3. The molecule has 0 unspecified atom stereocenters. The molecule has 2 heterocycles. The van der Waals surface area contributed by atoms with Crippen LogP contribution in [0.2, 0.25) is 10.0 Å². The molecule has 2 aromatic heterocycles. The average Bonchev–Trinajstić information content (AvgIpc) is 3.61. The van der Waals surface area contributed by atoms with E-state index < -0.39 is 15.5 Å². The smallest absolute Gasteiger partial charge is 0.259 e. The Labute approximate surface area is 255 Å². The van der Waals surface area contributed by atoms with Crippen LogP contribution in [0, 0.1) is 0 Å². The Hall–Kier alpha value is -3.94. The van der Waals surface area contributed by atoms with E-state index >= 15 is 0 Å². The van der Waals surface area contributed by atoms with Gasteiger partial charge in [-0.3, -0.25) is 4.72 Å². The lowest BCUT2D eigenvalue weighted by Gasteiger charge is -2.16. The summed E-state index contributed by atoms with van der Waals surface area (Å²) in [6.07, 6.45) is 1.90.